The minimum atomic E-state index is -4.83. The highest BCUT2D eigenvalue weighted by atomic mass is 79.9. The Balaban J connectivity index is 1.53. The number of nitro groups is 1. The number of hydrogen-bond donors (Lipinski definition) is 1. The van der Waals surface area contributed by atoms with E-state index >= 15 is 0 Å². The van der Waals surface area contributed by atoms with Crippen molar-refractivity contribution in [3.63, 3.8) is 0 Å². The zero-order chi connectivity index (χ0) is 33.8. The predicted molar refractivity (Wildman–Crippen MR) is 166 cm³/mol. The predicted octanol–water partition coefficient (Wildman–Crippen LogP) is 8.06. The molecule has 1 N–H and O–H groups in total. The number of carbonyl (C=O) groups excluding carboxylic acids is 4. The molecule has 1 heterocycles. The second-order valence-electron chi connectivity index (χ2n) is 9.37. The first kappa shape index (κ1) is 34.5. The van der Waals surface area contributed by atoms with Crippen molar-refractivity contribution in [2.24, 2.45) is 0 Å². The number of anilines is 1. The van der Waals surface area contributed by atoms with Gasteiger partial charge in [0, 0.05) is 21.8 Å². The summed E-state index contributed by atoms with van der Waals surface area (Å²) in [6.45, 7) is 1.30. The maximum Gasteiger partial charge on any atom is 0.416 e. The van der Waals surface area contributed by atoms with E-state index in [1.165, 1.54) is 42.5 Å². The lowest BCUT2D eigenvalue weighted by molar-refractivity contribution is -0.385. The number of rotatable bonds is 10. The Morgan fingerprint density at radius 2 is 1.83 bits per heavy atom. The highest BCUT2D eigenvalue weighted by molar-refractivity contribution is 9.10. The highest BCUT2D eigenvalue weighted by Gasteiger charge is 2.37. The number of hydrogen-bond acceptors (Lipinski definition) is 9. The van der Waals surface area contributed by atoms with Crippen LogP contribution in [0.2, 0.25) is 5.02 Å². The number of esters is 1. The minimum absolute atomic E-state index is 0.00990. The number of alkyl halides is 3. The van der Waals surface area contributed by atoms with Crippen molar-refractivity contribution in [3.05, 3.63) is 95.8 Å². The zero-order valence-corrected chi connectivity index (χ0v) is 26.5. The van der Waals surface area contributed by atoms with Crippen molar-refractivity contribution in [2.75, 3.05) is 18.5 Å². The van der Waals surface area contributed by atoms with Gasteiger partial charge in [-0.25, -0.2) is 4.79 Å². The second-order valence-corrected chi connectivity index (χ2v) is 11.7. The summed E-state index contributed by atoms with van der Waals surface area (Å²) in [6.07, 6.45) is -3.00. The molecule has 1 saturated heterocycles. The van der Waals surface area contributed by atoms with E-state index in [-0.39, 0.29) is 39.1 Å². The van der Waals surface area contributed by atoms with Gasteiger partial charge in [-0.3, -0.25) is 29.4 Å². The Kier molecular flexibility index (Phi) is 10.7. The van der Waals surface area contributed by atoms with Crippen LogP contribution in [0.15, 0.2) is 64.0 Å². The lowest BCUT2D eigenvalue weighted by Crippen LogP contribution is -2.36. The summed E-state index contributed by atoms with van der Waals surface area (Å²) in [5.74, 6) is -2.87. The molecule has 46 heavy (non-hydrogen) atoms. The number of benzene rings is 3. The Morgan fingerprint density at radius 1 is 1.11 bits per heavy atom. The molecule has 0 bridgehead atoms. The van der Waals surface area contributed by atoms with Crippen LogP contribution < -0.4 is 10.1 Å². The van der Waals surface area contributed by atoms with Gasteiger partial charge in [0.15, 0.2) is 0 Å². The van der Waals surface area contributed by atoms with Crippen LogP contribution in [0.25, 0.3) is 6.08 Å². The average molecular weight is 743 g/mol. The van der Waals surface area contributed by atoms with Crippen LogP contribution in [-0.2, 0) is 20.5 Å². The number of halogens is 5. The van der Waals surface area contributed by atoms with Crippen molar-refractivity contribution in [1.29, 1.82) is 0 Å². The molecule has 240 valence electrons. The molecule has 0 spiro atoms. The fraction of sp³-hybridized carbons (Fsp3) is 0.172. The molecule has 3 aromatic carbocycles. The van der Waals surface area contributed by atoms with E-state index < -0.39 is 57.7 Å². The highest BCUT2D eigenvalue weighted by Crippen LogP contribution is 2.40. The molecule has 1 fully saturated rings. The Morgan fingerprint density at radius 3 is 2.50 bits per heavy atom. The lowest BCUT2D eigenvalue weighted by Gasteiger charge is -2.13. The maximum atomic E-state index is 13.1. The van der Waals surface area contributed by atoms with Gasteiger partial charge in [0.1, 0.15) is 12.3 Å². The normalized spacial score (nSPS) is 14.0. The van der Waals surface area contributed by atoms with Crippen molar-refractivity contribution < 1.29 is 46.7 Å². The van der Waals surface area contributed by atoms with E-state index in [4.69, 9.17) is 21.1 Å². The molecule has 0 aromatic heterocycles. The number of nitro benzene ring substituents is 1. The molecule has 1 aliphatic rings. The fourth-order valence-corrected chi connectivity index (χ4v) is 5.32. The van der Waals surface area contributed by atoms with E-state index in [2.05, 4.69) is 21.2 Å². The molecule has 0 saturated carbocycles. The third-order valence-corrected chi connectivity index (χ3v) is 7.77. The summed E-state index contributed by atoms with van der Waals surface area (Å²) in [4.78, 5) is 61.9. The van der Waals surface area contributed by atoms with Crippen LogP contribution in [-0.4, -0.2) is 46.0 Å². The number of nitrogens with zero attached hydrogens (tertiary/aromatic N) is 2. The number of imide groups is 1. The van der Waals surface area contributed by atoms with Gasteiger partial charge < -0.3 is 14.8 Å². The molecule has 17 heteroatoms. The number of carbonyl (C=O) groups is 4. The van der Waals surface area contributed by atoms with Gasteiger partial charge in [0.25, 0.3) is 11.1 Å². The van der Waals surface area contributed by atoms with Crippen LogP contribution in [0, 0.1) is 10.1 Å². The smallest absolute Gasteiger partial charge is 0.416 e. The maximum absolute atomic E-state index is 13.1. The lowest BCUT2D eigenvalue weighted by atomic mass is 10.1. The summed E-state index contributed by atoms with van der Waals surface area (Å²) in [5.41, 5.74) is -1.88. The molecule has 0 radical (unpaired) electrons. The zero-order valence-electron chi connectivity index (χ0n) is 23.4. The topological polar surface area (TPSA) is 145 Å². The number of amides is 3. The summed E-state index contributed by atoms with van der Waals surface area (Å²) in [7, 11) is 0. The molecule has 1 aliphatic heterocycles. The number of nitrogens with one attached hydrogen (secondary N) is 1. The van der Waals surface area contributed by atoms with Crippen molar-refractivity contribution in [1.82, 2.24) is 4.90 Å². The van der Waals surface area contributed by atoms with E-state index in [1.54, 1.807) is 0 Å². The average Bonchev–Trinajstić information content (AvgIpc) is 3.24. The van der Waals surface area contributed by atoms with Gasteiger partial charge in [0.2, 0.25) is 11.7 Å². The Hall–Kier alpha value is -4.41. The van der Waals surface area contributed by atoms with Crippen LogP contribution >= 0.6 is 39.3 Å². The van der Waals surface area contributed by atoms with E-state index in [9.17, 15) is 42.5 Å². The third kappa shape index (κ3) is 8.24. The quantitative estimate of drug-likeness (QED) is 0.0944. The largest absolute Gasteiger partial charge is 0.462 e. The first-order valence-corrected chi connectivity index (χ1v) is 15.0. The van der Waals surface area contributed by atoms with Crippen molar-refractivity contribution in [3.8, 4) is 11.5 Å². The Labute approximate surface area is 275 Å². The van der Waals surface area contributed by atoms with Gasteiger partial charge in [0.05, 0.1) is 32.6 Å². The number of ether oxygens (including phenoxy) is 2. The van der Waals surface area contributed by atoms with Crippen molar-refractivity contribution >= 4 is 79.8 Å². The molecular formula is C29H20BrClF3N3O8S. The molecule has 3 aromatic rings. The first-order valence-electron chi connectivity index (χ1n) is 13.0. The first-order chi connectivity index (χ1) is 21.7. The Bertz CT molecular complexity index is 1790. The molecule has 0 aliphatic carbocycles. The molecule has 3 amide bonds. The monoisotopic (exact) mass is 741 g/mol. The van der Waals surface area contributed by atoms with Crippen LogP contribution in [0.5, 0.6) is 11.5 Å². The fourth-order valence-electron chi connectivity index (χ4n) is 3.92. The molecular weight excluding hydrogens is 723 g/mol. The third-order valence-electron chi connectivity index (χ3n) is 6.04. The summed E-state index contributed by atoms with van der Waals surface area (Å²) >= 11 is 9.84. The van der Waals surface area contributed by atoms with Crippen LogP contribution in [0.3, 0.4) is 0 Å². The SMILES string of the molecule is CCCOC(=O)c1cc(NC(=O)CN2C(=O)S/C(=C/c3cc(Br)ccc3Oc3ccc(C(F)(F)F)cc3[N+](=O)[O-])C2=O)ccc1Cl. The molecule has 0 unspecified atom stereocenters. The van der Waals surface area contributed by atoms with Crippen molar-refractivity contribution in [2.45, 2.75) is 19.5 Å². The van der Waals surface area contributed by atoms with Gasteiger partial charge in [-0.15, -0.1) is 0 Å². The number of thioether (sulfide) groups is 1. The summed E-state index contributed by atoms with van der Waals surface area (Å²) in [6, 6.07) is 10.2. The molecule has 4 rings (SSSR count). The van der Waals surface area contributed by atoms with Gasteiger partial charge in [-0.2, -0.15) is 13.2 Å². The van der Waals surface area contributed by atoms with E-state index in [0.717, 1.165) is 6.07 Å². The summed E-state index contributed by atoms with van der Waals surface area (Å²) < 4.78 is 50.5. The van der Waals surface area contributed by atoms with Gasteiger partial charge in [-0.1, -0.05) is 34.5 Å². The molecule has 11 nitrogen and oxygen atoms in total. The van der Waals surface area contributed by atoms with Crippen LogP contribution in [0.1, 0.15) is 34.8 Å². The van der Waals surface area contributed by atoms with Gasteiger partial charge >= 0.3 is 17.8 Å². The van der Waals surface area contributed by atoms with E-state index in [0.29, 0.717) is 39.7 Å². The minimum Gasteiger partial charge on any atom is -0.462 e. The standard InChI is InChI=1S/C29H20BrClF3N3O8S/c1-2-9-44-27(40)19-13-18(5-6-20(19)31)35-25(38)14-36-26(39)24(46-28(36)41)11-15-10-17(30)4-8-22(15)45-23-7-3-16(29(32,33)34)12-21(23)37(42)43/h3-8,10-13H,2,9,14H2,1H3,(H,35,38)/b24-11+. The van der Waals surface area contributed by atoms with E-state index in [1.807, 2.05) is 6.92 Å². The van der Waals surface area contributed by atoms with Crippen LogP contribution in [0.4, 0.5) is 29.3 Å². The summed E-state index contributed by atoms with van der Waals surface area (Å²) in [5, 5.41) is 13.3. The van der Waals surface area contributed by atoms with Gasteiger partial charge in [-0.05, 0) is 72.8 Å². The second kappa shape index (κ2) is 14.3. The molecule has 0 atom stereocenters.